The van der Waals surface area contributed by atoms with Crippen LogP contribution in [0.1, 0.15) is 5.56 Å². The van der Waals surface area contributed by atoms with Gasteiger partial charge < -0.3 is 10.5 Å². The van der Waals surface area contributed by atoms with Crippen molar-refractivity contribution < 1.29 is 17.4 Å². The number of hydrogen-bond acceptors (Lipinski definition) is 5. The van der Waals surface area contributed by atoms with Crippen LogP contribution in [0.5, 0.6) is 5.75 Å². The van der Waals surface area contributed by atoms with Crippen molar-refractivity contribution in [2.24, 2.45) is 0 Å². The highest BCUT2D eigenvalue weighted by atomic mass is 32.2. The molecule has 0 saturated heterocycles. The molecule has 0 aliphatic carbocycles. The quantitative estimate of drug-likeness (QED) is 0.734. The highest BCUT2D eigenvalue weighted by Crippen LogP contribution is 2.28. The van der Waals surface area contributed by atoms with E-state index in [1.807, 2.05) is 0 Å². The lowest BCUT2D eigenvalue weighted by Gasteiger charge is -2.12. The molecule has 0 radical (unpaired) electrons. The molecule has 0 aliphatic rings. The Morgan fingerprint density at radius 1 is 1.42 bits per heavy atom. The molecule has 0 bridgehead atoms. The molecule has 0 aromatic heterocycles. The topological polar surface area (TPSA) is 98.5 Å². The predicted octanol–water partition coefficient (Wildman–Crippen LogP) is 0.243. The molecule has 108 valence electrons. The first-order valence-electron chi connectivity index (χ1n) is 5.51. The SMILES string of the molecule is COc1cc(C)c(N)cc1S(=O)(=O)NCCS(C)=O. The van der Waals surface area contributed by atoms with Gasteiger partial charge in [0.15, 0.2) is 0 Å². The summed E-state index contributed by atoms with van der Waals surface area (Å²) in [5.74, 6) is 0.486. The maximum atomic E-state index is 12.1. The number of nitrogen functional groups attached to an aromatic ring is 1. The zero-order valence-corrected chi connectivity index (χ0v) is 12.7. The van der Waals surface area contributed by atoms with E-state index in [1.165, 1.54) is 19.4 Å². The van der Waals surface area contributed by atoms with Gasteiger partial charge in [-0.15, -0.1) is 0 Å². The van der Waals surface area contributed by atoms with Crippen LogP contribution in [0.4, 0.5) is 5.69 Å². The molecule has 0 spiro atoms. The number of nitrogens with two attached hydrogens (primary N) is 1. The Morgan fingerprint density at radius 3 is 2.58 bits per heavy atom. The smallest absolute Gasteiger partial charge is 0.244 e. The highest BCUT2D eigenvalue weighted by Gasteiger charge is 2.20. The molecule has 3 N–H and O–H groups in total. The van der Waals surface area contributed by atoms with Gasteiger partial charge in [-0.3, -0.25) is 4.21 Å². The van der Waals surface area contributed by atoms with Gasteiger partial charge in [0.1, 0.15) is 10.6 Å². The van der Waals surface area contributed by atoms with Crippen molar-refractivity contribution in [1.82, 2.24) is 4.72 Å². The summed E-state index contributed by atoms with van der Waals surface area (Å²) < 4.78 is 42.6. The van der Waals surface area contributed by atoms with Gasteiger partial charge in [-0.2, -0.15) is 0 Å². The number of anilines is 1. The van der Waals surface area contributed by atoms with Crippen LogP contribution in [0.25, 0.3) is 0 Å². The number of hydrogen-bond donors (Lipinski definition) is 2. The van der Waals surface area contributed by atoms with Crippen LogP contribution in [0.2, 0.25) is 0 Å². The largest absolute Gasteiger partial charge is 0.495 e. The Hall–Kier alpha value is -1.12. The molecule has 6 nitrogen and oxygen atoms in total. The van der Waals surface area contributed by atoms with Crippen LogP contribution < -0.4 is 15.2 Å². The third-order valence-electron chi connectivity index (χ3n) is 2.52. The van der Waals surface area contributed by atoms with E-state index in [0.717, 1.165) is 5.56 Å². The van der Waals surface area contributed by atoms with Crippen molar-refractivity contribution in [3.05, 3.63) is 17.7 Å². The fourth-order valence-electron chi connectivity index (χ4n) is 1.44. The first-order valence-corrected chi connectivity index (χ1v) is 8.72. The van der Waals surface area contributed by atoms with Crippen molar-refractivity contribution >= 4 is 26.5 Å². The predicted molar refractivity (Wildman–Crippen MR) is 76.3 cm³/mol. The van der Waals surface area contributed by atoms with Crippen LogP contribution in [-0.2, 0) is 20.8 Å². The molecule has 0 aliphatic heterocycles. The summed E-state index contributed by atoms with van der Waals surface area (Å²) in [6, 6.07) is 2.93. The Balaban J connectivity index is 3.06. The van der Waals surface area contributed by atoms with Crippen LogP contribution in [0.15, 0.2) is 17.0 Å². The maximum absolute atomic E-state index is 12.1. The van der Waals surface area contributed by atoms with E-state index in [-0.39, 0.29) is 22.9 Å². The molecule has 0 heterocycles. The molecule has 8 heteroatoms. The molecule has 1 atom stereocenters. The summed E-state index contributed by atoms with van der Waals surface area (Å²) in [6.45, 7) is 1.87. The minimum absolute atomic E-state index is 0.0139. The Labute approximate surface area is 115 Å². The van der Waals surface area contributed by atoms with Gasteiger partial charge in [-0.1, -0.05) is 0 Å². The van der Waals surface area contributed by atoms with Crippen molar-refractivity contribution in [3.63, 3.8) is 0 Å². The fraction of sp³-hybridized carbons (Fsp3) is 0.455. The maximum Gasteiger partial charge on any atom is 0.244 e. The average molecular weight is 306 g/mol. The molecule has 0 fully saturated rings. The summed E-state index contributed by atoms with van der Waals surface area (Å²) in [7, 11) is -3.39. The monoisotopic (exact) mass is 306 g/mol. The van der Waals surface area contributed by atoms with Crippen LogP contribution in [0, 0.1) is 6.92 Å². The van der Waals surface area contributed by atoms with Gasteiger partial charge in [0.25, 0.3) is 0 Å². The Kier molecular flexibility index (Phi) is 5.33. The second-order valence-electron chi connectivity index (χ2n) is 4.03. The molecule has 0 amide bonds. The zero-order valence-electron chi connectivity index (χ0n) is 11.1. The van der Waals surface area contributed by atoms with Crippen molar-refractivity contribution in [2.45, 2.75) is 11.8 Å². The number of aryl methyl sites for hydroxylation is 1. The van der Waals surface area contributed by atoms with E-state index < -0.39 is 20.8 Å². The summed E-state index contributed by atoms with van der Waals surface area (Å²) >= 11 is 0. The van der Waals surface area contributed by atoms with Gasteiger partial charge in [-0.25, -0.2) is 13.1 Å². The minimum Gasteiger partial charge on any atom is -0.495 e. The van der Waals surface area contributed by atoms with E-state index in [4.69, 9.17) is 10.5 Å². The molecule has 1 rings (SSSR count). The molecular weight excluding hydrogens is 288 g/mol. The second kappa shape index (κ2) is 6.36. The number of nitrogens with one attached hydrogen (secondary N) is 1. The average Bonchev–Trinajstić information content (AvgIpc) is 2.31. The van der Waals surface area contributed by atoms with E-state index in [1.54, 1.807) is 13.0 Å². The van der Waals surface area contributed by atoms with E-state index in [0.29, 0.717) is 5.69 Å². The van der Waals surface area contributed by atoms with Crippen LogP contribution in [0.3, 0.4) is 0 Å². The fourth-order valence-corrected chi connectivity index (χ4v) is 3.18. The number of benzene rings is 1. The zero-order chi connectivity index (χ0) is 14.6. The lowest BCUT2D eigenvalue weighted by Crippen LogP contribution is -2.28. The van der Waals surface area contributed by atoms with Crippen LogP contribution >= 0.6 is 0 Å². The third kappa shape index (κ3) is 4.19. The third-order valence-corrected chi connectivity index (χ3v) is 4.78. The first kappa shape index (κ1) is 15.9. The summed E-state index contributed by atoms with van der Waals surface area (Å²) in [5.41, 5.74) is 6.84. The van der Waals surface area contributed by atoms with Gasteiger partial charge in [-0.05, 0) is 24.6 Å². The second-order valence-corrected chi connectivity index (χ2v) is 7.32. The Morgan fingerprint density at radius 2 is 2.05 bits per heavy atom. The van der Waals surface area contributed by atoms with Gasteiger partial charge in [0, 0.05) is 35.0 Å². The summed E-state index contributed by atoms with van der Waals surface area (Å²) in [4.78, 5) is -0.0139. The van der Waals surface area contributed by atoms with E-state index in [2.05, 4.69) is 4.72 Å². The normalized spacial score (nSPS) is 13.2. The number of sulfonamides is 1. The standard InChI is InChI=1S/C11H18N2O4S2/c1-8-6-10(17-2)11(7-9(8)12)19(15,16)13-4-5-18(3)14/h6-7,13H,4-5,12H2,1-3H3. The first-order chi connectivity index (χ1) is 8.77. The van der Waals surface area contributed by atoms with Gasteiger partial charge >= 0.3 is 0 Å². The van der Waals surface area contributed by atoms with Crippen molar-refractivity contribution in [2.75, 3.05) is 31.4 Å². The van der Waals surface area contributed by atoms with Gasteiger partial charge in [0.2, 0.25) is 10.0 Å². The molecule has 1 unspecified atom stereocenters. The summed E-state index contributed by atoms with van der Waals surface area (Å²) in [6.07, 6.45) is 1.51. The van der Waals surface area contributed by atoms with Crippen LogP contribution in [-0.4, -0.2) is 38.3 Å². The lowest BCUT2D eigenvalue weighted by atomic mass is 10.2. The minimum atomic E-state index is -3.73. The summed E-state index contributed by atoms with van der Waals surface area (Å²) in [5, 5.41) is 0. The molecule has 19 heavy (non-hydrogen) atoms. The van der Waals surface area contributed by atoms with E-state index >= 15 is 0 Å². The highest BCUT2D eigenvalue weighted by molar-refractivity contribution is 7.89. The molecular formula is C11H18N2O4S2. The lowest BCUT2D eigenvalue weighted by molar-refractivity contribution is 0.402. The van der Waals surface area contributed by atoms with E-state index in [9.17, 15) is 12.6 Å². The van der Waals surface area contributed by atoms with Crippen molar-refractivity contribution in [3.8, 4) is 5.75 Å². The van der Waals surface area contributed by atoms with Crippen molar-refractivity contribution in [1.29, 1.82) is 0 Å². The number of rotatable bonds is 6. The Bertz CT molecular complexity index is 585. The van der Waals surface area contributed by atoms with Gasteiger partial charge in [0.05, 0.1) is 7.11 Å². The molecule has 1 aromatic carbocycles. The molecule has 1 aromatic rings. The number of ether oxygens (including phenoxy) is 1. The number of methoxy groups -OCH3 is 1. The molecule has 0 saturated carbocycles.